The summed E-state index contributed by atoms with van der Waals surface area (Å²) in [7, 11) is 1.85. The molecule has 0 radical (unpaired) electrons. The second-order valence-electron chi connectivity index (χ2n) is 10.6. The van der Waals surface area contributed by atoms with Crippen LogP contribution in [0.3, 0.4) is 0 Å². The Morgan fingerprint density at radius 3 is 2.17 bits per heavy atom. The fourth-order valence-electron chi connectivity index (χ4n) is 4.65. The SMILES string of the molecule is C/C=C\C(=C/CC)CNCc1ccccc1.CC.CNC(N)c1ccc2cc/c(=C/C=C(\C)N)c(=COCc3ccccc3)c2c1. The van der Waals surface area contributed by atoms with Crippen LogP contribution in [-0.4, -0.2) is 13.6 Å². The van der Waals surface area contributed by atoms with Gasteiger partial charge in [-0.1, -0.05) is 130 Å². The van der Waals surface area contributed by atoms with Crippen LogP contribution < -0.4 is 32.5 Å². The highest BCUT2D eigenvalue weighted by Crippen LogP contribution is 2.15. The predicted molar refractivity (Wildman–Crippen MR) is 200 cm³/mol. The molecule has 5 nitrogen and oxygen atoms in total. The second kappa shape index (κ2) is 22.1. The van der Waals surface area contributed by atoms with E-state index in [4.69, 9.17) is 16.2 Å². The van der Waals surface area contributed by atoms with Crippen LogP contribution in [0.25, 0.3) is 23.1 Å². The molecule has 0 spiro atoms. The van der Waals surface area contributed by atoms with Gasteiger partial charge in [0.25, 0.3) is 0 Å². The average Bonchev–Trinajstić information content (AvgIpc) is 3.09. The minimum absolute atomic E-state index is 0.221. The van der Waals surface area contributed by atoms with Crippen LogP contribution in [0.4, 0.5) is 0 Å². The van der Waals surface area contributed by atoms with E-state index in [1.807, 2.05) is 76.6 Å². The molecule has 4 rings (SSSR count). The van der Waals surface area contributed by atoms with Crippen molar-refractivity contribution < 1.29 is 4.74 Å². The van der Waals surface area contributed by atoms with Crippen molar-refractivity contribution in [2.75, 3.05) is 13.6 Å². The largest absolute Gasteiger partial charge is 0.496 e. The molecule has 6 N–H and O–H groups in total. The first-order valence-corrected chi connectivity index (χ1v) is 16.3. The third kappa shape index (κ3) is 13.3. The minimum atomic E-state index is -0.221. The molecule has 0 aliphatic rings. The zero-order valence-electron chi connectivity index (χ0n) is 28.6. The number of nitrogens with two attached hydrogens (primary N) is 2. The summed E-state index contributed by atoms with van der Waals surface area (Å²) in [6.45, 7) is 12.5. The number of ether oxygens (including phenoxy) is 1. The van der Waals surface area contributed by atoms with Crippen LogP contribution in [0.15, 0.2) is 127 Å². The molecule has 0 aliphatic heterocycles. The van der Waals surface area contributed by atoms with E-state index in [0.29, 0.717) is 6.61 Å². The standard InChI is InChI=1S/C24H27N3O.C15H21N.C2H6/c1-17(25)8-9-20-11-10-19-12-13-21(24(26)27-2)14-22(19)23(20)16-28-15-18-6-4-3-5-7-18;1-3-8-14(9-4-2)12-16-13-15-10-6-5-7-11-15;1-2/h3-14,16,24,27H,15,25-26H2,1-2H3;3,5-11,16H,4,12-13H2,1-2H3;1-2H3/b17-8+,20-9-,23-16?;8-3-,14-9+;. The zero-order chi connectivity index (χ0) is 33.6. The summed E-state index contributed by atoms with van der Waals surface area (Å²) in [5, 5.41) is 10.8. The normalized spacial score (nSPS) is 13.2. The topological polar surface area (TPSA) is 85.3 Å². The van der Waals surface area contributed by atoms with E-state index in [1.165, 1.54) is 11.1 Å². The summed E-state index contributed by atoms with van der Waals surface area (Å²) in [5.41, 5.74) is 17.6. The Hall–Kier alpha value is -4.42. The molecule has 0 aliphatic carbocycles. The smallest absolute Gasteiger partial charge is 0.112 e. The second-order valence-corrected chi connectivity index (χ2v) is 10.6. The molecular formula is C41H54N4O. The van der Waals surface area contributed by atoms with Gasteiger partial charge in [0, 0.05) is 24.0 Å². The molecule has 4 aromatic rings. The third-order valence-electron chi connectivity index (χ3n) is 6.96. The van der Waals surface area contributed by atoms with Gasteiger partial charge in [0.05, 0.1) is 12.4 Å². The van der Waals surface area contributed by atoms with Crippen LogP contribution in [0.1, 0.15) is 63.9 Å². The molecule has 46 heavy (non-hydrogen) atoms. The zero-order valence-corrected chi connectivity index (χ0v) is 28.6. The molecule has 0 amide bonds. The Balaban J connectivity index is 0.000000348. The molecule has 244 valence electrons. The predicted octanol–water partition coefficient (Wildman–Crippen LogP) is 7.33. The first-order chi connectivity index (χ1) is 22.4. The molecule has 1 unspecified atom stereocenters. The fraction of sp³-hybridized carbons (Fsp3) is 0.268. The maximum atomic E-state index is 6.16. The van der Waals surface area contributed by atoms with Crippen LogP contribution in [0.2, 0.25) is 0 Å². The van der Waals surface area contributed by atoms with Crippen molar-refractivity contribution in [1.82, 2.24) is 10.6 Å². The number of fused-ring (bicyclic) bond motifs is 1. The first-order valence-electron chi connectivity index (χ1n) is 16.3. The van der Waals surface area contributed by atoms with E-state index >= 15 is 0 Å². The summed E-state index contributed by atoms with van der Waals surface area (Å²) < 4.78 is 5.94. The van der Waals surface area contributed by atoms with Gasteiger partial charge >= 0.3 is 0 Å². The molecule has 1 atom stereocenters. The van der Waals surface area contributed by atoms with Crippen molar-refractivity contribution >= 4 is 23.1 Å². The highest BCUT2D eigenvalue weighted by atomic mass is 16.5. The summed E-state index contributed by atoms with van der Waals surface area (Å²) >= 11 is 0. The molecular weight excluding hydrogens is 564 g/mol. The number of nitrogens with one attached hydrogen (secondary N) is 2. The molecule has 0 aromatic heterocycles. The average molecular weight is 619 g/mol. The molecule has 0 fully saturated rings. The van der Waals surface area contributed by atoms with Crippen molar-refractivity contribution in [1.29, 1.82) is 0 Å². The van der Waals surface area contributed by atoms with Crippen LogP contribution >= 0.6 is 0 Å². The van der Waals surface area contributed by atoms with Gasteiger partial charge in [0.2, 0.25) is 0 Å². The molecule has 0 heterocycles. The van der Waals surface area contributed by atoms with E-state index in [1.54, 1.807) is 0 Å². The van der Waals surface area contributed by atoms with Crippen LogP contribution in [0, 0.1) is 0 Å². The van der Waals surface area contributed by atoms with Crippen molar-refractivity contribution in [3.05, 3.63) is 154 Å². The van der Waals surface area contributed by atoms with E-state index < -0.39 is 0 Å². The van der Waals surface area contributed by atoms with Gasteiger partial charge in [-0.15, -0.1) is 0 Å². The van der Waals surface area contributed by atoms with E-state index in [0.717, 1.165) is 57.5 Å². The Kier molecular flexibility index (Phi) is 18.2. The number of hydrogen-bond acceptors (Lipinski definition) is 5. The van der Waals surface area contributed by atoms with Crippen LogP contribution in [0.5, 0.6) is 0 Å². The number of allylic oxidation sites excluding steroid dienone is 4. The monoisotopic (exact) mass is 618 g/mol. The van der Waals surface area contributed by atoms with Gasteiger partial charge in [-0.25, -0.2) is 0 Å². The van der Waals surface area contributed by atoms with E-state index in [2.05, 4.69) is 103 Å². The third-order valence-corrected chi connectivity index (χ3v) is 6.96. The number of rotatable bonds is 12. The molecule has 0 bridgehead atoms. The minimum Gasteiger partial charge on any atom is -0.496 e. The van der Waals surface area contributed by atoms with Crippen LogP contribution in [-0.2, 0) is 17.9 Å². The Morgan fingerprint density at radius 1 is 0.913 bits per heavy atom. The maximum Gasteiger partial charge on any atom is 0.112 e. The van der Waals surface area contributed by atoms with Crippen molar-refractivity contribution in [3.63, 3.8) is 0 Å². The Bertz CT molecular complexity index is 1640. The fourth-order valence-corrected chi connectivity index (χ4v) is 4.65. The Labute approximate surface area is 277 Å². The summed E-state index contributed by atoms with van der Waals surface area (Å²) in [4.78, 5) is 0. The molecule has 0 saturated heterocycles. The van der Waals surface area contributed by atoms with Gasteiger partial charge in [-0.3, -0.25) is 0 Å². The number of hydrogen-bond donors (Lipinski definition) is 4. The van der Waals surface area contributed by atoms with Gasteiger partial charge in [0.15, 0.2) is 0 Å². The van der Waals surface area contributed by atoms with Gasteiger partial charge in [-0.05, 0) is 77.7 Å². The Morgan fingerprint density at radius 2 is 1.57 bits per heavy atom. The summed E-state index contributed by atoms with van der Waals surface area (Å²) in [6, 6.07) is 31.0. The summed E-state index contributed by atoms with van der Waals surface area (Å²) in [5.74, 6) is 0. The lowest BCUT2D eigenvalue weighted by Gasteiger charge is -2.12. The van der Waals surface area contributed by atoms with Gasteiger partial charge in [-0.2, -0.15) is 0 Å². The summed E-state index contributed by atoms with van der Waals surface area (Å²) in [6.07, 6.45) is 13.1. The molecule has 0 saturated carbocycles. The van der Waals surface area contributed by atoms with Crippen molar-refractivity contribution in [2.24, 2.45) is 11.5 Å². The molecule has 5 heteroatoms. The number of benzene rings is 4. The van der Waals surface area contributed by atoms with Crippen molar-refractivity contribution in [3.8, 4) is 0 Å². The highest BCUT2D eigenvalue weighted by molar-refractivity contribution is 5.84. The van der Waals surface area contributed by atoms with Crippen molar-refractivity contribution in [2.45, 2.75) is 60.4 Å². The maximum absolute atomic E-state index is 6.16. The first kappa shape index (κ1) is 37.8. The lowest BCUT2D eigenvalue weighted by atomic mass is 10.0. The van der Waals surface area contributed by atoms with E-state index in [9.17, 15) is 0 Å². The molecule has 4 aromatic carbocycles. The van der Waals surface area contributed by atoms with Gasteiger partial charge < -0.3 is 26.8 Å². The van der Waals surface area contributed by atoms with E-state index in [-0.39, 0.29) is 6.17 Å². The highest BCUT2D eigenvalue weighted by Gasteiger charge is 2.05. The van der Waals surface area contributed by atoms with Gasteiger partial charge in [0.1, 0.15) is 6.61 Å². The lowest BCUT2D eigenvalue weighted by molar-refractivity contribution is 0.281. The quantitative estimate of drug-likeness (QED) is 0.0987. The lowest BCUT2D eigenvalue weighted by Crippen LogP contribution is -2.27.